The fourth-order valence-electron chi connectivity index (χ4n) is 6.01. The first-order chi connectivity index (χ1) is 21.8. The lowest BCUT2D eigenvalue weighted by Gasteiger charge is -2.26. The van der Waals surface area contributed by atoms with Crippen molar-refractivity contribution < 1.29 is 4.42 Å². The number of pyridine rings is 1. The van der Waals surface area contributed by atoms with Crippen molar-refractivity contribution in [3.05, 3.63) is 170 Å². The quantitative estimate of drug-likeness (QED) is 0.201. The van der Waals surface area contributed by atoms with Crippen LogP contribution in [0.3, 0.4) is 0 Å². The molecule has 6 aromatic carbocycles. The molecular formula is C41H28N2O. The predicted molar refractivity (Wildman–Crippen MR) is 183 cm³/mol. The minimum absolute atomic E-state index is 0.663. The first-order valence-electron chi connectivity index (χ1n) is 14.8. The molecule has 44 heavy (non-hydrogen) atoms. The van der Waals surface area contributed by atoms with E-state index >= 15 is 0 Å². The van der Waals surface area contributed by atoms with E-state index in [0.29, 0.717) is 5.71 Å². The second kappa shape index (κ2) is 11.0. The highest BCUT2D eigenvalue weighted by molar-refractivity contribution is 6.11. The Bertz CT molecular complexity index is 2100. The Morgan fingerprint density at radius 2 is 0.909 bits per heavy atom. The van der Waals surface area contributed by atoms with Crippen molar-refractivity contribution in [3.8, 4) is 33.4 Å². The lowest BCUT2D eigenvalue weighted by Crippen LogP contribution is -2.09. The zero-order chi connectivity index (χ0) is 29.3. The Balaban J connectivity index is 1.20. The molecule has 3 nitrogen and oxygen atoms in total. The Hall–Kier alpha value is -5.93. The number of furan rings is 1. The van der Waals surface area contributed by atoms with E-state index in [-0.39, 0.29) is 0 Å². The maximum atomic E-state index is 6.06. The van der Waals surface area contributed by atoms with Crippen LogP contribution in [0.2, 0.25) is 0 Å². The lowest BCUT2D eigenvalue weighted by atomic mass is 9.99. The molecule has 2 heterocycles. The zero-order valence-electron chi connectivity index (χ0n) is 24.0. The lowest BCUT2D eigenvalue weighted by molar-refractivity contribution is 0.654. The van der Waals surface area contributed by atoms with E-state index in [1.807, 2.05) is 18.2 Å². The minimum Gasteiger partial charge on any atom is -0.438 e. The molecule has 0 radical (unpaired) electrons. The SMILES string of the molecule is c1ccc(-c2ccc(N(c3ccc(-c4ccccc4)cc3)c3ccc(-c4cccc5oc6ncccc6c45)cc3)cc2)cc1. The van der Waals surface area contributed by atoms with Crippen molar-refractivity contribution in [2.45, 2.75) is 0 Å². The van der Waals surface area contributed by atoms with Gasteiger partial charge >= 0.3 is 0 Å². The van der Waals surface area contributed by atoms with Crippen LogP contribution in [-0.4, -0.2) is 4.98 Å². The first kappa shape index (κ1) is 25.8. The third-order valence-corrected chi connectivity index (χ3v) is 8.18. The Kier molecular flexibility index (Phi) is 6.47. The van der Waals surface area contributed by atoms with Gasteiger partial charge in [0.1, 0.15) is 5.58 Å². The molecule has 0 saturated carbocycles. The number of anilines is 3. The van der Waals surface area contributed by atoms with Gasteiger partial charge in [-0.15, -0.1) is 0 Å². The van der Waals surface area contributed by atoms with Crippen molar-refractivity contribution in [1.29, 1.82) is 0 Å². The van der Waals surface area contributed by atoms with Crippen LogP contribution >= 0.6 is 0 Å². The number of fused-ring (bicyclic) bond motifs is 3. The summed E-state index contributed by atoms with van der Waals surface area (Å²) in [4.78, 5) is 6.75. The van der Waals surface area contributed by atoms with E-state index < -0.39 is 0 Å². The number of hydrogen-bond donors (Lipinski definition) is 0. The molecule has 0 saturated heterocycles. The molecule has 0 atom stereocenters. The molecular weight excluding hydrogens is 536 g/mol. The number of hydrogen-bond acceptors (Lipinski definition) is 3. The van der Waals surface area contributed by atoms with Crippen LogP contribution < -0.4 is 4.90 Å². The normalized spacial score (nSPS) is 11.2. The summed E-state index contributed by atoms with van der Waals surface area (Å²) >= 11 is 0. The van der Waals surface area contributed by atoms with Gasteiger partial charge in [0.05, 0.1) is 0 Å². The average molecular weight is 565 g/mol. The summed E-state index contributed by atoms with van der Waals surface area (Å²) < 4.78 is 6.06. The fourth-order valence-corrected chi connectivity index (χ4v) is 6.01. The molecule has 0 N–H and O–H groups in total. The molecule has 0 bridgehead atoms. The Morgan fingerprint density at radius 3 is 1.45 bits per heavy atom. The highest BCUT2D eigenvalue weighted by atomic mass is 16.3. The average Bonchev–Trinajstić information content (AvgIpc) is 3.49. The van der Waals surface area contributed by atoms with E-state index in [0.717, 1.165) is 44.5 Å². The fraction of sp³-hybridized carbons (Fsp3) is 0. The second-order valence-corrected chi connectivity index (χ2v) is 10.8. The maximum absolute atomic E-state index is 6.06. The van der Waals surface area contributed by atoms with Gasteiger partial charge in [0.2, 0.25) is 5.71 Å². The van der Waals surface area contributed by atoms with Crippen LogP contribution in [0.1, 0.15) is 0 Å². The van der Waals surface area contributed by atoms with E-state index in [9.17, 15) is 0 Å². The van der Waals surface area contributed by atoms with E-state index in [1.165, 1.54) is 22.3 Å². The molecule has 0 aliphatic carbocycles. The zero-order valence-corrected chi connectivity index (χ0v) is 24.0. The van der Waals surface area contributed by atoms with Crippen molar-refractivity contribution in [2.24, 2.45) is 0 Å². The van der Waals surface area contributed by atoms with Gasteiger partial charge in [0.15, 0.2) is 0 Å². The molecule has 8 rings (SSSR count). The largest absolute Gasteiger partial charge is 0.438 e. The Labute approximate surface area is 256 Å². The van der Waals surface area contributed by atoms with Gasteiger partial charge in [-0.2, -0.15) is 0 Å². The number of aromatic nitrogens is 1. The molecule has 0 aliphatic rings. The topological polar surface area (TPSA) is 29.3 Å². The van der Waals surface area contributed by atoms with Gasteiger partial charge in [-0.3, -0.25) is 0 Å². The van der Waals surface area contributed by atoms with Crippen molar-refractivity contribution in [2.75, 3.05) is 4.90 Å². The molecule has 208 valence electrons. The van der Waals surface area contributed by atoms with Crippen LogP contribution in [0, 0.1) is 0 Å². The van der Waals surface area contributed by atoms with Crippen LogP contribution in [-0.2, 0) is 0 Å². The summed E-state index contributed by atoms with van der Waals surface area (Å²) in [7, 11) is 0. The van der Waals surface area contributed by atoms with E-state index in [4.69, 9.17) is 4.42 Å². The highest BCUT2D eigenvalue weighted by Gasteiger charge is 2.16. The van der Waals surface area contributed by atoms with Crippen molar-refractivity contribution in [1.82, 2.24) is 4.98 Å². The monoisotopic (exact) mass is 564 g/mol. The smallest absolute Gasteiger partial charge is 0.227 e. The molecule has 0 spiro atoms. The molecule has 0 amide bonds. The molecule has 0 unspecified atom stereocenters. The highest BCUT2D eigenvalue weighted by Crippen LogP contribution is 2.40. The summed E-state index contributed by atoms with van der Waals surface area (Å²) in [6, 6.07) is 57.6. The predicted octanol–water partition coefficient (Wildman–Crippen LogP) is 11.5. The maximum Gasteiger partial charge on any atom is 0.227 e. The van der Waals surface area contributed by atoms with Crippen LogP contribution in [0.25, 0.3) is 55.4 Å². The second-order valence-electron chi connectivity index (χ2n) is 10.8. The van der Waals surface area contributed by atoms with Gasteiger partial charge < -0.3 is 9.32 Å². The minimum atomic E-state index is 0.663. The number of nitrogens with zero attached hydrogens (tertiary/aromatic N) is 2. The third kappa shape index (κ3) is 4.71. The number of rotatable bonds is 6. The summed E-state index contributed by atoms with van der Waals surface area (Å²) in [5, 5.41) is 2.12. The summed E-state index contributed by atoms with van der Waals surface area (Å²) in [5.74, 6) is 0. The Morgan fingerprint density at radius 1 is 0.409 bits per heavy atom. The molecule has 8 aromatic rings. The van der Waals surface area contributed by atoms with E-state index in [2.05, 4.69) is 155 Å². The third-order valence-electron chi connectivity index (χ3n) is 8.18. The van der Waals surface area contributed by atoms with Gasteiger partial charge in [0.25, 0.3) is 0 Å². The van der Waals surface area contributed by atoms with E-state index in [1.54, 1.807) is 6.20 Å². The van der Waals surface area contributed by atoms with Crippen LogP contribution in [0.5, 0.6) is 0 Å². The summed E-state index contributed by atoms with van der Waals surface area (Å²) in [6.07, 6.45) is 1.77. The standard InChI is InChI=1S/C41H28N2O/c1-3-9-29(10-4-1)31-16-22-34(23-17-31)43(35-24-18-32(19-25-35)30-11-5-2-6-12-30)36-26-20-33(21-27-36)37-13-7-15-39-40(37)38-14-8-28-42-41(38)44-39/h1-28H. The van der Waals surface area contributed by atoms with Gasteiger partial charge in [-0.1, -0.05) is 109 Å². The first-order valence-corrected chi connectivity index (χ1v) is 14.8. The van der Waals surface area contributed by atoms with Gasteiger partial charge in [0, 0.05) is 34.0 Å². The molecule has 0 aliphatic heterocycles. The summed E-state index contributed by atoms with van der Waals surface area (Å²) in [6.45, 7) is 0. The van der Waals surface area contributed by atoms with Crippen molar-refractivity contribution in [3.63, 3.8) is 0 Å². The molecule has 0 fully saturated rings. The molecule has 2 aromatic heterocycles. The van der Waals surface area contributed by atoms with Crippen LogP contribution in [0.4, 0.5) is 17.1 Å². The molecule has 3 heteroatoms. The van der Waals surface area contributed by atoms with Gasteiger partial charge in [-0.25, -0.2) is 4.98 Å². The number of benzene rings is 6. The van der Waals surface area contributed by atoms with Crippen molar-refractivity contribution >= 4 is 39.1 Å². The van der Waals surface area contributed by atoms with Gasteiger partial charge in [-0.05, 0) is 88.0 Å². The summed E-state index contributed by atoms with van der Waals surface area (Å²) in [5.41, 5.74) is 11.8. The van der Waals surface area contributed by atoms with Crippen LogP contribution in [0.15, 0.2) is 174 Å².